The largest absolute Gasteiger partial charge is 0.484 e. The number of hydrogen-bond donors (Lipinski definition) is 2. The molecule has 2 N–H and O–H groups in total. The maximum Gasteiger partial charge on any atom is 0.458 e. The number of rotatable bonds is 5. The molecule has 0 aliphatic carbocycles. The maximum absolute atomic E-state index is 12.7. The number of benzene rings is 2. The zero-order valence-corrected chi connectivity index (χ0v) is 13.9. The third kappa shape index (κ3) is 4.37. The summed E-state index contributed by atoms with van der Waals surface area (Å²) in [6.07, 6.45) is -5.77. The third-order valence-electron chi connectivity index (χ3n) is 3.77. The van der Waals surface area contributed by atoms with E-state index in [1.807, 2.05) is 6.07 Å². The van der Waals surface area contributed by atoms with Crippen LogP contribution in [0.3, 0.4) is 0 Å². The molecule has 1 amide bonds. The molecule has 0 saturated heterocycles. The van der Waals surface area contributed by atoms with Gasteiger partial charge in [-0.2, -0.15) is 13.2 Å². The van der Waals surface area contributed by atoms with Crippen LogP contribution in [0, 0.1) is 0 Å². The van der Waals surface area contributed by atoms with Gasteiger partial charge in [-0.05, 0) is 29.8 Å². The molecular weight excluding hydrogens is 365 g/mol. The molecule has 1 heterocycles. The molecule has 2 aromatic rings. The fourth-order valence-corrected chi connectivity index (χ4v) is 2.34. The van der Waals surface area contributed by atoms with E-state index in [2.05, 4.69) is 15.3 Å². The van der Waals surface area contributed by atoms with Crippen molar-refractivity contribution in [1.82, 2.24) is 0 Å². The van der Waals surface area contributed by atoms with E-state index in [0.29, 0.717) is 17.0 Å². The van der Waals surface area contributed by atoms with Gasteiger partial charge in [0.1, 0.15) is 5.75 Å². The SMILES string of the molecule is O=C(COc1ccccc1)Nc1ccc(C2=NOC(O)(C(F)(F)F)C2)cc1. The second-order valence-corrected chi connectivity index (χ2v) is 5.82. The first kappa shape index (κ1) is 18.7. The molecule has 2 aromatic carbocycles. The lowest BCUT2D eigenvalue weighted by molar-refractivity contribution is -0.355. The van der Waals surface area contributed by atoms with Gasteiger partial charge >= 0.3 is 12.0 Å². The smallest absolute Gasteiger partial charge is 0.458 e. The highest BCUT2D eigenvalue weighted by atomic mass is 19.4. The van der Waals surface area contributed by atoms with E-state index in [0.717, 1.165) is 0 Å². The number of nitrogens with zero attached hydrogens (tertiary/aromatic N) is 1. The number of oxime groups is 1. The number of carbonyl (C=O) groups is 1. The van der Waals surface area contributed by atoms with Gasteiger partial charge in [0.25, 0.3) is 5.91 Å². The second kappa shape index (κ2) is 7.28. The first-order chi connectivity index (χ1) is 12.8. The molecular formula is C18H15F3N2O4. The summed E-state index contributed by atoms with van der Waals surface area (Å²) in [5.41, 5.74) is 0.736. The summed E-state index contributed by atoms with van der Waals surface area (Å²) >= 11 is 0. The van der Waals surface area contributed by atoms with E-state index >= 15 is 0 Å². The quantitative estimate of drug-likeness (QED) is 0.836. The summed E-state index contributed by atoms with van der Waals surface area (Å²) in [4.78, 5) is 16.1. The molecule has 27 heavy (non-hydrogen) atoms. The number of nitrogens with one attached hydrogen (secondary N) is 1. The molecule has 0 fully saturated rings. The van der Waals surface area contributed by atoms with Gasteiger partial charge < -0.3 is 20.0 Å². The summed E-state index contributed by atoms with van der Waals surface area (Å²) in [5.74, 6) is -3.15. The lowest BCUT2D eigenvalue weighted by Gasteiger charge is -2.22. The van der Waals surface area contributed by atoms with E-state index < -0.39 is 18.4 Å². The zero-order chi connectivity index (χ0) is 19.5. The summed E-state index contributed by atoms with van der Waals surface area (Å²) in [5, 5.41) is 15.4. The fraction of sp³-hybridized carbons (Fsp3) is 0.222. The van der Waals surface area contributed by atoms with E-state index in [9.17, 15) is 23.1 Å². The molecule has 0 radical (unpaired) electrons. The van der Waals surface area contributed by atoms with Crippen molar-refractivity contribution in [3.63, 3.8) is 0 Å². The van der Waals surface area contributed by atoms with Gasteiger partial charge in [-0.1, -0.05) is 35.5 Å². The average molecular weight is 380 g/mol. The van der Waals surface area contributed by atoms with Crippen LogP contribution in [0.5, 0.6) is 5.75 Å². The van der Waals surface area contributed by atoms with Gasteiger partial charge in [-0.3, -0.25) is 4.79 Å². The number of ether oxygens (including phenoxy) is 1. The topological polar surface area (TPSA) is 80.2 Å². The second-order valence-electron chi connectivity index (χ2n) is 5.82. The van der Waals surface area contributed by atoms with Crippen molar-refractivity contribution in [1.29, 1.82) is 0 Å². The zero-order valence-electron chi connectivity index (χ0n) is 13.9. The highest BCUT2D eigenvalue weighted by Crippen LogP contribution is 2.38. The van der Waals surface area contributed by atoms with E-state index in [1.54, 1.807) is 24.3 Å². The van der Waals surface area contributed by atoms with Crippen molar-refractivity contribution in [2.45, 2.75) is 18.4 Å². The number of hydrogen-bond acceptors (Lipinski definition) is 5. The molecule has 9 heteroatoms. The summed E-state index contributed by atoms with van der Waals surface area (Å²) in [7, 11) is 0. The van der Waals surface area contributed by atoms with Gasteiger partial charge in [0.2, 0.25) is 0 Å². The Labute approximate surface area is 152 Å². The van der Waals surface area contributed by atoms with Crippen molar-refractivity contribution in [2.24, 2.45) is 5.16 Å². The molecule has 142 valence electrons. The van der Waals surface area contributed by atoms with Crippen LogP contribution in [0.2, 0.25) is 0 Å². The number of halogens is 3. The lowest BCUT2D eigenvalue weighted by atomic mass is 10.0. The van der Waals surface area contributed by atoms with Gasteiger partial charge in [-0.15, -0.1) is 0 Å². The Morgan fingerprint density at radius 3 is 2.44 bits per heavy atom. The predicted octanol–water partition coefficient (Wildman–Crippen LogP) is 3.08. The molecule has 6 nitrogen and oxygen atoms in total. The minimum atomic E-state index is -4.95. The van der Waals surface area contributed by atoms with Crippen LogP contribution in [-0.2, 0) is 9.63 Å². The summed E-state index contributed by atoms with van der Waals surface area (Å²) in [6.45, 7) is -0.190. The van der Waals surface area contributed by atoms with Crippen LogP contribution >= 0.6 is 0 Å². The number of anilines is 1. The number of carbonyl (C=O) groups excluding carboxylic acids is 1. The van der Waals surface area contributed by atoms with E-state index in [1.165, 1.54) is 24.3 Å². The molecule has 0 aromatic heterocycles. The monoisotopic (exact) mass is 380 g/mol. The molecule has 0 saturated carbocycles. The Kier molecular flexibility index (Phi) is 5.04. The number of aliphatic hydroxyl groups is 1. The molecule has 0 spiro atoms. The van der Waals surface area contributed by atoms with Crippen LogP contribution in [0.25, 0.3) is 0 Å². The van der Waals surface area contributed by atoms with E-state index in [-0.39, 0.29) is 18.2 Å². The van der Waals surface area contributed by atoms with Crippen LogP contribution in [0.4, 0.5) is 18.9 Å². The van der Waals surface area contributed by atoms with Crippen molar-refractivity contribution in [2.75, 3.05) is 11.9 Å². The first-order valence-corrected chi connectivity index (χ1v) is 7.89. The van der Waals surface area contributed by atoms with Crippen molar-refractivity contribution in [3.05, 3.63) is 60.2 Å². The lowest BCUT2D eigenvalue weighted by Crippen LogP contribution is -2.45. The predicted molar refractivity (Wildman–Crippen MR) is 90.3 cm³/mol. The Hall–Kier alpha value is -3.07. The molecule has 1 unspecified atom stereocenters. The molecule has 3 rings (SSSR count). The Morgan fingerprint density at radius 1 is 1.19 bits per heavy atom. The Bertz CT molecular complexity index is 838. The highest BCUT2D eigenvalue weighted by Gasteiger charge is 2.60. The number of para-hydroxylation sites is 1. The van der Waals surface area contributed by atoms with Gasteiger partial charge in [0.15, 0.2) is 6.61 Å². The third-order valence-corrected chi connectivity index (χ3v) is 3.77. The fourth-order valence-electron chi connectivity index (χ4n) is 2.34. The minimum Gasteiger partial charge on any atom is -0.484 e. The normalized spacial score (nSPS) is 19.2. The van der Waals surface area contributed by atoms with Gasteiger partial charge in [-0.25, -0.2) is 0 Å². The maximum atomic E-state index is 12.7. The number of alkyl halides is 3. The average Bonchev–Trinajstić information content (AvgIpc) is 3.05. The molecule has 0 bridgehead atoms. The number of amides is 1. The van der Waals surface area contributed by atoms with Crippen LogP contribution in [-0.4, -0.2) is 35.3 Å². The highest BCUT2D eigenvalue weighted by molar-refractivity contribution is 6.02. The minimum absolute atomic E-state index is 0.0416. The first-order valence-electron chi connectivity index (χ1n) is 7.89. The van der Waals surface area contributed by atoms with Gasteiger partial charge in [0, 0.05) is 5.69 Å². The molecule has 1 aliphatic heterocycles. The van der Waals surface area contributed by atoms with E-state index in [4.69, 9.17) is 4.74 Å². The van der Waals surface area contributed by atoms with Crippen LogP contribution < -0.4 is 10.1 Å². The Morgan fingerprint density at radius 2 is 1.85 bits per heavy atom. The van der Waals surface area contributed by atoms with Crippen molar-refractivity contribution >= 4 is 17.3 Å². The Balaban J connectivity index is 1.56. The standard InChI is InChI=1S/C18H15F3N2O4/c19-18(20,21)17(25)10-15(23-27-17)12-6-8-13(9-7-12)22-16(24)11-26-14-4-2-1-3-5-14/h1-9,25H,10-11H2,(H,22,24). The van der Waals surface area contributed by atoms with Crippen molar-refractivity contribution < 1.29 is 32.6 Å². The van der Waals surface area contributed by atoms with Crippen LogP contribution in [0.1, 0.15) is 12.0 Å². The van der Waals surface area contributed by atoms with Gasteiger partial charge in [0.05, 0.1) is 12.1 Å². The van der Waals surface area contributed by atoms with Crippen LogP contribution in [0.15, 0.2) is 59.8 Å². The van der Waals surface area contributed by atoms with Crippen molar-refractivity contribution in [3.8, 4) is 5.75 Å². The molecule has 1 atom stereocenters. The summed E-state index contributed by atoms with van der Waals surface area (Å²) < 4.78 is 43.5. The summed E-state index contributed by atoms with van der Waals surface area (Å²) in [6, 6.07) is 14.8. The molecule has 1 aliphatic rings.